The van der Waals surface area contributed by atoms with Gasteiger partial charge in [-0.25, -0.2) is 4.79 Å². The van der Waals surface area contributed by atoms with Gasteiger partial charge in [-0.1, -0.05) is 71.6 Å². The largest absolute Gasteiger partial charge is 0.455 e. The van der Waals surface area contributed by atoms with Gasteiger partial charge in [-0.05, 0) is 75.7 Å². The zero-order valence-corrected chi connectivity index (χ0v) is 25.9. The van der Waals surface area contributed by atoms with Crippen LogP contribution < -0.4 is 0 Å². The number of esters is 1. The smallest absolute Gasteiger partial charge is 0.331 e. The van der Waals surface area contributed by atoms with Crippen LogP contribution in [-0.2, 0) is 9.53 Å². The Balaban J connectivity index is 1.24. The molecule has 5 aliphatic rings. The van der Waals surface area contributed by atoms with Gasteiger partial charge in [0.2, 0.25) is 0 Å². The molecule has 1 heterocycles. The maximum atomic E-state index is 12.5. The van der Waals surface area contributed by atoms with Crippen LogP contribution >= 0.6 is 0 Å². The Morgan fingerprint density at radius 1 is 0.878 bits per heavy atom. The number of carbonyl (C=O) groups excluding carboxylic acids is 1. The average Bonchev–Trinajstić information content (AvgIpc) is 3.49. The van der Waals surface area contributed by atoms with E-state index in [1.54, 1.807) is 0 Å². The molecule has 6 nitrogen and oxygen atoms in total. The number of nitrogens with zero attached hydrogens (tertiary/aromatic N) is 1. The summed E-state index contributed by atoms with van der Waals surface area (Å²) < 4.78 is 5.65. The molecule has 1 aliphatic heterocycles. The monoisotopic (exact) mass is 571 g/mol. The minimum absolute atomic E-state index is 0.0756. The van der Waals surface area contributed by atoms with Crippen molar-refractivity contribution in [1.82, 2.24) is 0 Å². The summed E-state index contributed by atoms with van der Waals surface area (Å²) in [6.07, 6.45) is 24.3. The summed E-state index contributed by atoms with van der Waals surface area (Å²) in [5.74, 6) is 0.0604. The average molecular weight is 572 g/mol. The molecule has 0 aromatic rings. The second-order valence-corrected chi connectivity index (χ2v) is 14.7. The molecule has 6 heteroatoms. The number of aliphatic hydroxyl groups is 3. The highest BCUT2D eigenvalue weighted by molar-refractivity contribution is 5.84. The summed E-state index contributed by atoms with van der Waals surface area (Å²) in [4.78, 5) is 16.9. The van der Waals surface area contributed by atoms with Crippen LogP contribution in [0.2, 0.25) is 0 Å². The standard InChI is InChI=1S/C35H57NO5/c1-3-4-5-6-7-8-9-10-11-12-23-36-25-33-20-15-26(37)24-34(33,39)21-17-28-27(33)16-19-32(2)29(18-22-35(28,32)40)30-13-14-31(38)41-30/h13-14,25-30,37,39-40H,3-12,15-24H2,1-2H3/t26-,27-,28-,29-,30-,32+,33-,34+,35+/m0/s1. The molecule has 41 heavy (non-hydrogen) atoms. The summed E-state index contributed by atoms with van der Waals surface area (Å²) in [5, 5.41) is 35.3. The molecule has 0 aromatic carbocycles. The van der Waals surface area contributed by atoms with Crippen LogP contribution in [0.5, 0.6) is 0 Å². The first kappa shape index (κ1) is 31.2. The summed E-state index contributed by atoms with van der Waals surface area (Å²) in [6, 6.07) is 0. The van der Waals surface area contributed by atoms with Gasteiger partial charge in [0, 0.05) is 42.0 Å². The van der Waals surface area contributed by atoms with Gasteiger partial charge >= 0.3 is 5.97 Å². The fraction of sp³-hybridized carbons (Fsp3) is 0.886. The summed E-state index contributed by atoms with van der Waals surface area (Å²) in [5.41, 5.74) is -2.65. The van der Waals surface area contributed by atoms with E-state index in [2.05, 4.69) is 20.1 Å². The zero-order valence-electron chi connectivity index (χ0n) is 25.9. The quantitative estimate of drug-likeness (QED) is 0.130. The summed E-state index contributed by atoms with van der Waals surface area (Å²) >= 11 is 0. The molecule has 0 spiro atoms. The normalized spacial score (nSPS) is 43.6. The first-order valence-corrected chi connectivity index (χ1v) is 17.2. The van der Waals surface area contributed by atoms with Crippen LogP contribution in [0.4, 0.5) is 0 Å². The number of aliphatic imine (C=N–C) groups is 1. The van der Waals surface area contributed by atoms with Gasteiger partial charge < -0.3 is 20.1 Å². The van der Waals surface area contributed by atoms with E-state index in [1.807, 2.05) is 6.08 Å². The Bertz CT molecular complexity index is 966. The number of fused-ring (bicyclic) bond motifs is 5. The third-order valence-electron chi connectivity index (χ3n) is 12.6. The van der Waals surface area contributed by atoms with Crippen molar-refractivity contribution >= 4 is 12.2 Å². The van der Waals surface area contributed by atoms with Crippen molar-refractivity contribution in [3.63, 3.8) is 0 Å². The van der Waals surface area contributed by atoms with Crippen LogP contribution in [0.25, 0.3) is 0 Å². The van der Waals surface area contributed by atoms with Crippen molar-refractivity contribution in [3.8, 4) is 0 Å². The third-order valence-corrected chi connectivity index (χ3v) is 12.6. The van der Waals surface area contributed by atoms with Crippen LogP contribution in [0.15, 0.2) is 17.1 Å². The Kier molecular flexibility index (Phi) is 9.72. The van der Waals surface area contributed by atoms with Crippen molar-refractivity contribution in [1.29, 1.82) is 0 Å². The number of aliphatic hydroxyl groups excluding tert-OH is 1. The minimum Gasteiger partial charge on any atom is -0.455 e. The summed E-state index contributed by atoms with van der Waals surface area (Å²) in [6.45, 7) is 5.27. The predicted octanol–water partition coefficient (Wildman–Crippen LogP) is 6.69. The molecule has 0 aromatic heterocycles. The number of hydrogen-bond acceptors (Lipinski definition) is 6. The molecule has 4 aliphatic carbocycles. The van der Waals surface area contributed by atoms with E-state index in [-0.39, 0.29) is 35.2 Å². The molecule has 9 atom stereocenters. The van der Waals surface area contributed by atoms with Crippen LogP contribution in [-0.4, -0.2) is 57.5 Å². The Morgan fingerprint density at radius 3 is 2.22 bits per heavy atom. The second kappa shape index (κ2) is 12.8. The van der Waals surface area contributed by atoms with E-state index < -0.39 is 22.7 Å². The highest BCUT2D eigenvalue weighted by Crippen LogP contribution is 2.70. The third kappa shape index (κ3) is 5.71. The van der Waals surface area contributed by atoms with Gasteiger partial charge in [-0.3, -0.25) is 4.99 Å². The molecule has 0 unspecified atom stereocenters. The van der Waals surface area contributed by atoms with Gasteiger partial charge in [-0.2, -0.15) is 0 Å². The van der Waals surface area contributed by atoms with E-state index in [9.17, 15) is 20.1 Å². The molecule has 232 valence electrons. The maximum Gasteiger partial charge on any atom is 0.331 e. The Morgan fingerprint density at radius 2 is 1.54 bits per heavy atom. The van der Waals surface area contributed by atoms with E-state index in [4.69, 9.17) is 9.73 Å². The lowest BCUT2D eigenvalue weighted by atomic mass is 9.41. The number of ether oxygens (including phenoxy) is 1. The van der Waals surface area contributed by atoms with Crippen LogP contribution in [0.1, 0.15) is 136 Å². The van der Waals surface area contributed by atoms with Crippen LogP contribution in [0, 0.1) is 28.6 Å². The zero-order chi connectivity index (χ0) is 29.1. The fourth-order valence-corrected chi connectivity index (χ4v) is 10.3. The van der Waals surface area contributed by atoms with Crippen molar-refractivity contribution in [2.75, 3.05) is 6.54 Å². The second-order valence-electron chi connectivity index (χ2n) is 14.7. The first-order chi connectivity index (χ1) is 19.7. The molecule has 0 radical (unpaired) electrons. The number of hydrogen-bond donors (Lipinski definition) is 3. The van der Waals surface area contributed by atoms with Crippen molar-refractivity contribution in [2.45, 2.75) is 159 Å². The molecule has 4 fully saturated rings. The van der Waals surface area contributed by atoms with Gasteiger partial charge in [0.1, 0.15) is 6.10 Å². The highest BCUT2D eigenvalue weighted by atomic mass is 16.5. The molecule has 3 N–H and O–H groups in total. The van der Waals surface area contributed by atoms with E-state index >= 15 is 0 Å². The number of unbranched alkanes of at least 4 members (excludes halogenated alkanes) is 9. The fourth-order valence-electron chi connectivity index (χ4n) is 10.3. The van der Waals surface area contributed by atoms with Gasteiger partial charge in [0.25, 0.3) is 0 Å². The van der Waals surface area contributed by atoms with Crippen molar-refractivity contribution in [2.24, 2.45) is 33.6 Å². The SMILES string of the molecule is CCCCCCCCCCCCN=C[C@]12CC[C@H](O)C[C@]1(O)CC[C@H]1[C@@H]2CC[C@]2(C)[C@H]([C@@H]3C=CC(=O)O3)CC[C@@]12O. The Hall–Kier alpha value is -1.24. The number of rotatable bonds is 13. The molecule has 5 rings (SSSR count). The predicted molar refractivity (Wildman–Crippen MR) is 163 cm³/mol. The van der Waals surface area contributed by atoms with Crippen LogP contribution in [0.3, 0.4) is 0 Å². The van der Waals surface area contributed by atoms with E-state index in [1.165, 1.54) is 63.9 Å². The lowest BCUT2D eigenvalue weighted by molar-refractivity contribution is -0.241. The molecular formula is C35H57NO5. The van der Waals surface area contributed by atoms with Crippen molar-refractivity contribution in [3.05, 3.63) is 12.2 Å². The topological polar surface area (TPSA) is 99.4 Å². The van der Waals surface area contributed by atoms with E-state index in [0.717, 1.165) is 45.1 Å². The van der Waals surface area contributed by atoms with Crippen molar-refractivity contribution < 1.29 is 24.9 Å². The minimum atomic E-state index is -0.973. The lowest BCUT2D eigenvalue weighted by Gasteiger charge is -2.65. The highest BCUT2D eigenvalue weighted by Gasteiger charge is 2.71. The van der Waals surface area contributed by atoms with Gasteiger partial charge in [0.15, 0.2) is 0 Å². The number of cyclic esters (lactones) is 1. The molecule has 0 bridgehead atoms. The van der Waals surface area contributed by atoms with Gasteiger partial charge in [-0.15, -0.1) is 0 Å². The summed E-state index contributed by atoms with van der Waals surface area (Å²) in [7, 11) is 0. The lowest BCUT2D eigenvalue weighted by Crippen LogP contribution is -2.69. The van der Waals surface area contributed by atoms with Gasteiger partial charge in [0.05, 0.1) is 17.3 Å². The Labute approximate surface area is 248 Å². The maximum absolute atomic E-state index is 12.5. The number of carbonyl (C=O) groups is 1. The molecular weight excluding hydrogens is 514 g/mol. The van der Waals surface area contributed by atoms with E-state index in [0.29, 0.717) is 25.7 Å². The molecule has 4 saturated carbocycles. The molecule has 0 amide bonds. The molecule has 0 saturated heterocycles. The first-order valence-electron chi connectivity index (χ1n) is 17.2.